The van der Waals surface area contributed by atoms with E-state index >= 15 is 0 Å². The highest BCUT2D eigenvalue weighted by atomic mass is 16.2. The summed E-state index contributed by atoms with van der Waals surface area (Å²) >= 11 is 0. The molecule has 1 atom stereocenters. The normalized spacial score (nSPS) is 19.1. The van der Waals surface area contributed by atoms with Crippen LogP contribution in [0.2, 0.25) is 0 Å². The molecule has 0 unspecified atom stereocenters. The zero-order chi connectivity index (χ0) is 19.7. The first-order valence-electron chi connectivity index (χ1n) is 10.4. The van der Waals surface area contributed by atoms with E-state index in [-0.39, 0.29) is 30.3 Å². The Labute approximate surface area is 166 Å². The summed E-state index contributed by atoms with van der Waals surface area (Å²) in [6.45, 7) is 6.27. The molecule has 148 valence electrons. The number of likely N-dealkylation sites (N-methyl/N-ethyl adjacent to an activating group) is 1. The highest BCUT2D eigenvalue weighted by molar-refractivity contribution is 5.86. The van der Waals surface area contributed by atoms with E-state index < -0.39 is 0 Å². The predicted octanol–water partition coefficient (Wildman–Crippen LogP) is 3.38. The van der Waals surface area contributed by atoms with Gasteiger partial charge in [0.15, 0.2) is 0 Å². The maximum atomic E-state index is 13.4. The van der Waals surface area contributed by atoms with Gasteiger partial charge >= 0.3 is 0 Å². The molecule has 1 aromatic heterocycles. The summed E-state index contributed by atoms with van der Waals surface area (Å²) in [5.74, 6) is 0.309. The van der Waals surface area contributed by atoms with Crippen LogP contribution in [0.1, 0.15) is 49.0 Å². The minimum absolute atomic E-state index is 0.0372. The van der Waals surface area contributed by atoms with Crippen molar-refractivity contribution in [2.24, 2.45) is 5.92 Å². The lowest BCUT2D eigenvalue weighted by molar-refractivity contribution is -0.145. The Bertz CT molecular complexity index is 868. The molecule has 2 aliphatic rings. The van der Waals surface area contributed by atoms with Crippen LogP contribution in [0, 0.1) is 12.8 Å². The van der Waals surface area contributed by atoms with Gasteiger partial charge in [-0.1, -0.05) is 30.7 Å². The number of benzene rings is 1. The fourth-order valence-electron chi connectivity index (χ4n) is 4.39. The Kier molecular flexibility index (Phi) is 5.25. The quantitative estimate of drug-likeness (QED) is 0.800. The lowest BCUT2D eigenvalue weighted by Crippen LogP contribution is -2.49. The molecule has 0 bridgehead atoms. The first-order valence-corrected chi connectivity index (χ1v) is 10.4. The lowest BCUT2D eigenvalue weighted by atomic mass is 9.84. The molecule has 2 heterocycles. The first kappa shape index (κ1) is 18.8. The summed E-state index contributed by atoms with van der Waals surface area (Å²) < 4.78 is 2.23. The molecule has 2 amide bonds. The highest BCUT2D eigenvalue weighted by Gasteiger charge is 2.35. The number of aromatic nitrogens is 1. The standard InChI is InChI=1S/C23H29N3O2/c1-3-24(23(28)18-9-6-10-18)16-21(27)26-15-14-25-13-7-12-20(25)22(26)19-11-5-4-8-17(19)2/h4-5,7-8,11-13,18,22H,3,6,9-10,14-16H2,1-2H3/t22-/m1/s1. The third-order valence-electron chi connectivity index (χ3n) is 6.32. The molecule has 4 rings (SSSR count). The van der Waals surface area contributed by atoms with Gasteiger partial charge in [-0.2, -0.15) is 0 Å². The van der Waals surface area contributed by atoms with Crippen molar-refractivity contribution in [2.45, 2.75) is 45.7 Å². The van der Waals surface area contributed by atoms with Crippen LogP contribution in [0.15, 0.2) is 42.6 Å². The zero-order valence-corrected chi connectivity index (χ0v) is 16.8. The van der Waals surface area contributed by atoms with Gasteiger partial charge < -0.3 is 14.4 Å². The third-order valence-corrected chi connectivity index (χ3v) is 6.32. The van der Waals surface area contributed by atoms with Crippen LogP contribution in [0.3, 0.4) is 0 Å². The van der Waals surface area contributed by atoms with Gasteiger partial charge in [0.05, 0.1) is 12.6 Å². The van der Waals surface area contributed by atoms with Crippen molar-refractivity contribution in [3.05, 3.63) is 59.4 Å². The Balaban J connectivity index is 1.60. The average molecular weight is 380 g/mol. The van der Waals surface area contributed by atoms with Crippen LogP contribution < -0.4 is 0 Å². The van der Waals surface area contributed by atoms with Crippen molar-refractivity contribution in [3.63, 3.8) is 0 Å². The molecule has 5 heteroatoms. The zero-order valence-electron chi connectivity index (χ0n) is 16.8. The summed E-state index contributed by atoms with van der Waals surface area (Å²) in [5.41, 5.74) is 3.48. The van der Waals surface area contributed by atoms with Gasteiger partial charge in [0.1, 0.15) is 0 Å². The molecule has 0 N–H and O–H groups in total. The Morgan fingerprint density at radius 3 is 2.57 bits per heavy atom. The monoisotopic (exact) mass is 379 g/mol. The number of carbonyl (C=O) groups excluding carboxylic acids is 2. The van der Waals surface area contributed by atoms with Crippen LogP contribution >= 0.6 is 0 Å². The second kappa shape index (κ2) is 7.82. The molecule has 0 spiro atoms. The van der Waals surface area contributed by atoms with Crippen LogP contribution in [0.5, 0.6) is 0 Å². The predicted molar refractivity (Wildman–Crippen MR) is 109 cm³/mol. The molecule has 5 nitrogen and oxygen atoms in total. The summed E-state index contributed by atoms with van der Waals surface area (Å²) in [6, 6.07) is 12.3. The van der Waals surface area contributed by atoms with Crippen molar-refractivity contribution < 1.29 is 9.59 Å². The maximum absolute atomic E-state index is 13.4. The summed E-state index contributed by atoms with van der Waals surface area (Å²) in [7, 11) is 0. The number of hydrogen-bond donors (Lipinski definition) is 0. The Hall–Kier alpha value is -2.56. The van der Waals surface area contributed by atoms with Crippen LogP contribution in [-0.4, -0.2) is 45.8 Å². The van der Waals surface area contributed by atoms with Crippen molar-refractivity contribution in [3.8, 4) is 0 Å². The molecule has 0 saturated heterocycles. The SMILES string of the molecule is CCN(CC(=O)N1CCn2cccc2[C@H]1c1ccccc1C)C(=O)C1CCC1. The molecule has 1 aromatic carbocycles. The van der Waals surface area contributed by atoms with E-state index in [1.807, 2.05) is 30.0 Å². The summed E-state index contributed by atoms with van der Waals surface area (Å²) in [6.07, 6.45) is 5.14. The van der Waals surface area contributed by atoms with E-state index in [2.05, 4.69) is 35.9 Å². The second-order valence-electron chi connectivity index (χ2n) is 7.95. The van der Waals surface area contributed by atoms with Crippen LogP contribution in [0.4, 0.5) is 0 Å². The van der Waals surface area contributed by atoms with E-state index in [4.69, 9.17) is 0 Å². The molecule has 1 aliphatic carbocycles. The molecular weight excluding hydrogens is 350 g/mol. The smallest absolute Gasteiger partial charge is 0.243 e. The van der Waals surface area contributed by atoms with Crippen LogP contribution in [0.25, 0.3) is 0 Å². The molecule has 0 radical (unpaired) electrons. The van der Waals surface area contributed by atoms with Gasteiger partial charge in [0, 0.05) is 37.4 Å². The number of hydrogen-bond acceptors (Lipinski definition) is 2. The summed E-state index contributed by atoms with van der Waals surface area (Å²) in [4.78, 5) is 29.8. The van der Waals surface area contributed by atoms with Crippen molar-refractivity contribution in [1.82, 2.24) is 14.4 Å². The molecule has 1 fully saturated rings. The Morgan fingerprint density at radius 2 is 1.89 bits per heavy atom. The molecule has 1 aliphatic heterocycles. The van der Waals surface area contributed by atoms with Crippen molar-refractivity contribution >= 4 is 11.8 Å². The van der Waals surface area contributed by atoms with Gasteiger partial charge in [0.25, 0.3) is 0 Å². The fourth-order valence-corrected chi connectivity index (χ4v) is 4.39. The minimum atomic E-state index is -0.102. The number of nitrogens with zero attached hydrogens (tertiary/aromatic N) is 3. The minimum Gasteiger partial charge on any atom is -0.348 e. The molecule has 28 heavy (non-hydrogen) atoms. The topological polar surface area (TPSA) is 45.6 Å². The first-order chi connectivity index (χ1) is 13.6. The van der Waals surface area contributed by atoms with E-state index in [9.17, 15) is 9.59 Å². The number of carbonyl (C=O) groups is 2. The van der Waals surface area contributed by atoms with Gasteiger partial charge in [-0.3, -0.25) is 9.59 Å². The highest BCUT2D eigenvalue weighted by Crippen LogP contribution is 2.34. The Morgan fingerprint density at radius 1 is 1.11 bits per heavy atom. The van der Waals surface area contributed by atoms with E-state index in [0.29, 0.717) is 13.1 Å². The second-order valence-corrected chi connectivity index (χ2v) is 7.95. The fraction of sp³-hybridized carbons (Fsp3) is 0.478. The van der Waals surface area contributed by atoms with Crippen molar-refractivity contribution in [1.29, 1.82) is 0 Å². The van der Waals surface area contributed by atoms with Gasteiger partial charge in [-0.05, 0) is 49.9 Å². The maximum Gasteiger partial charge on any atom is 0.243 e. The number of amides is 2. The molecule has 2 aromatic rings. The van der Waals surface area contributed by atoms with E-state index in [1.54, 1.807) is 4.90 Å². The van der Waals surface area contributed by atoms with Crippen LogP contribution in [-0.2, 0) is 16.1 Å². The molecule has 1 saturated carbocycles. The average Bonchev–Trinajstić information content (AvgIpc) is 3.13. The molecular formula is C23H29N3O2. The largest absolute Gasteiger partial charge is 0.348 e. The summed E-state index contributed by atoms with van der Waals surface area (Å²) in [5, 5.41) is 0. The van der Waals surface area contributed by atoms with Crippen molar-refractivity contribution in [2.75, 3.05) is 19.6 Å². The van der Waals surface area contributed by atoms with Gasteiger partial charge in [0.2, 0.25) is 11.8 Å². The van der Waals surface area contributed by atoms with Gasteiger partial charge in [-0.15, -0.1) is 0 Å². The lowest BCUT2D eigenvalue weighted by Gasteiger charge is -2.39. The van der Waals surface area contributed by atoms with E-state index in [1.165, 1.54) is 5.56 Å². The van der Waals surface area contributed by atoms with Gasteiger partial charge in [-0.25, -0.2) is 0 Å². The van der Waals surface area contributed by atoms with E-state index in [0.717, 1.165) is 37.1 Å². The number of rotatable bonds is 5. The number of fused-ring (bicyclic) bond motifs is 1. The number of aryl methyl sites for hydroxylation is 1. The third kappa shape index (κ3) is 3.34.